The lowest BCUT2D eigenvalue weighted by atomic mass is 9.82. The predicted molar refractivity (Wildman–Crippen MR) is 66.8 cm³/mol. The fourth-order valence-electron chi connectivity index (χ4n) is 2.79. The minimum Gasteiger partial charge on any atom is -0.488 e. The topological polar surface area (TPSA) is 42.4 Å². The molecular weight excluding hydrogens is 214 g/mol. The van der Waals surface area contributed by atoms with Gasteiger partial charge in [0.2, 0.25) is 0 Å². The number of ether oxygens (including phenoxy) is 1. The van der Waals surface area contributed by atoms with E-state index in [0.717, 1.165) is 36.0 Å². The number of aliphatic hydroxyl groups is 1. The third-order valence-corrected chi connectivity index (χ3v) is 3.47. The first kappa shape index (κ1) is 12.4. The van der Waals surface area contributed by atoms with Crippen LogP contribution in [0.15, 0.2) is 18.5 Å². The Morgan fingerprint density at radius 2 is 2.00 bits per heavy atom. The molecule has 2 atom stereocenters. The Kier molecular flexibility index (Phi) is 4.00. The Morgan fingerprint density at radius 3 is 2.65 bits per heavy atom. The molecule has 1 aromatic heterocycles. The molecule has 94 valence electrons. The molecule has 1 heterocycles. The highest BCUT2D eigenvalue weighted by atomic mass is 16.5. The molecule has 1 aromatic rings. The van der Waals surface area contributed by atoms with Crippen molar-refractivity contribution < 1.29 is 9.84 Å². The number of rotatable bonds is 3. The van der Waals surface area contributed by atoms with Gasteiger partial charge in [0.05, 0.1) is 18.9 Å². The molecule has 0 aromatic carbocycles. The van der Waals surface area contributed by atoms with Gasteiger partial charge in [-0.25, -0.2) is 0 Å². The van der Waals surface area contributed by atoms with Crippen LogP contribution in [0.1, 0.15) is 38.7 Å². The zero-order valence-electron chi connectivity index (χ0n) is 10.6. The molecule has 0 spiro atoms. The van der Waals surface area contributed by atoms with E-state index < -0.39 is 0 Å². The Bertz CT molecular complexity index is 357. The summed E-state index contributed by atoms with van der Waals surface area (Å²) in [7, 11) is 0. The molecule has 2 rings (SSSR count). The second kappa shape index (κ2) is 5.50. The van der Waals surface area contributed by atoms with Gasteiger partial charge in [-0.3, -0.25) is 4.98 Å². The van der Waals surface area contributed by atoms with E-state index >= 15 is 0 Å². The van der Waals surface area contributed by atoms with Crippen LogP contribution in [0.2, 0.25) is 0 Å². The first-order valence-electron chi connectivity index (χ1n) is 6.39. The van der Waals surface area contributed by atoms with Crippen molar-refractivity contribution in [2.24, 2.45) is 11.8 Å². The van der Waals surface area contributed by atoms with E-state index in [-0.39, 0.29) is 12.7 Å². The third-order valence-electron chi connectivity index (χ3n) is 3.47. The van der Waals surface area contributed by atoms with Crippen molar-refractivity contribution in [1.29, 1.82) is 0 Å². The first-order valence-corrected chi connectivity index (χ1v) is 6.39. The van der Waals surface area contributed by atoms with Crippen LogP contribution < -0.4 is 4.74 Å². The minimum absolute atomic E-state index is 0.00960. The molecule has 0 amide bonds. The van der Waals surface area contributed by atoms with Crippen molar-refractivity contribution in [1.82, 2.24) is 4.98 Å². The van der Waals surface area contributed by atoms with Gasteiger partial charge in [-0.05, 0) is 37.2 Å². The lowest BCUT2D eigenvalue weighted by Crippen LogP contribution is -2.28. The van der Waals surface area contributed by atoms with Crippen molar-refractivity contribution in [3.8, 4) is 5.75 Å². The van der Waals surface area contributed by atoms with E-state index in [4.69, 9.17) is 4.74 Å². The van der Waals surface area contributed by atoms with Crippen LogP contribution in [0.25, 0.3) is 0 Å². The van der Waals surface area contributed by atoms with Crippen molar-refractivity contribution in [2.45, 2.75) is 45.8 Å². The van der Waals surface area contributed by atoms with E-state index in [9.17, 15) is 5.11 Å². The number of aromatic nitrogens is 1. The molecule has 0 saturated heterocycles. The molecule has 0 bridgehead atoms. The number of nitrogens with zero attached hydrogens (tertiary/aromatic N) is 1. The largest absolute Gasteiger partial charge is 0.488 e. The normalized spacial score (nSPS) is 29.0. The standard InChI is InChI=1S/C14H21NO2/c1-10-5-11(2)7-13(6-10)17-14-8-15-4-3-12(14)9-16/h3-4,8,10-11,13,16H,5-7,9H2,1-2H3. The number of hydrogen-bond donors (Lipinski definition) is 1. The maximum Gasteiger partial charge on any atom is 0.143 e. The fourth-order valence-corrected chi connectivity index (χ4v) is 2.79. The average Bonchev–Trinajstić information content (AvgIpc) is 2.28. The maximum absolute atomic E-state index is 9.24. The summed E-state index contributed by atoms with van der Waals surface area (Å²) in [6.45, 7) is 4.57. The molecule has 3 nitrogen and oxygen atoms in total. The zero-order chi connectivity index (χ0) is 12.3. The molecule has 17 heavy (non-hydrogen) atoms. The number of aliphatic hydroxyl groups excluding tert-OH is 1. The summed E-state index contributed by atoms with van der Waals surface area (Å²) >= 11 is 0. The minimum atomic E-state index is 0.00960. The van der Waals surface area contributed by atoms with E-state index in [0.29, 0.717) is 0 Å². The fraction of sp³-hybridized carbons (Fsp3) is 0.643. The lowest BCUT2D eigenvalue weighted by Gasteiger charge is -2.32. The second-order valence-electron chi connectivity index (χ2n) is 5.30. The Hall–Kier alpha value is -1.09. The summed E-state index contributed by atoms with van der Waals surface area (Å²) in [6, 6.07) is 1.81. The predicted octanol–water partition coefficient (Wildman–Crippen LogP) is 2.78. The number of hydrogen-bond acceptors (Lipinski definition) is 3. The van der Waals surface area contributed by atoms with Gasteiger partial charge < -0.3 is 9.84 Å². The molecule has 1 N–H and O–H groups in total. The summed E-state index contributed by atoms with van der Waals surface area (Å²) < 4.78 is 6.00. The Labute approximate surface area is 103 Å². The summed E-state index contributed by atoms with van der Waals surface area (Å²) in [4.78, 5) is 4.06. The molecule has 1 fully saturated rings. The zero-order valence-corrected chi connectivity index (χ0v) is 10.6. The molecule has 0 aliphatic heterocycles. The van der Waals surface area contributed by atoms with Gasteiger partial charge in [-0.2, -0.15) is 0 Å². The highest BCUT2D eigenvalue weighted by molar-refractivity contribution is 5.29. The lowest BCUT2D eigenvalue weighted by molar-refractivity contribution is 0.0980. The Balaban J connectivity index is 2.04. The van der Waals surface area contributed by atoms with Crippen LogP contribution in [-0.2, 0) is 6.61 Å². The van der Waals surface area contributed by atoms with Gasteiger partial charge in [0.1, 0.15) is 5.75 Å². The van der Waals surface area contributed by atoms with Crippen LogP contribution in [-0.4, -0.2) is 16.2 Å². The van der Waals surface area contributed by atoms with E-state index in [1.165, 1.54) is 6.42 Å². The molecule has 1 saturated carbocycles. The third kappa shape index (κ3) is 3.19. The average molecular weight is 235 g/mol. The van der Waals surface area contributed by atoms with Gasteiger partial charge in [-0.15, -0.1) is 0 Å². The van der Waals surface area contributed by atoms with Gasteiger partial charge in [0.25, 0.3) is 0 Å². The van der Waals surface area contributed by atoms with Crippen molar-refractivity contribution in [2.75, 3.05) is 0 Å². The number of pyridine rings is 1. The monoisotopic (exact) mass is 235 g/mol. The summed E-state index contributed by atoms with van der Waals surface area (Å²) in [5.74, 6) is 2.18. The molecular formula is C14H21NO2. The van der Waals surface area contributed by atoms with Gasteiger partial charge in [0.15, 0.2) is 0 Å². The SMILES string of the molecule is CC1CC(C)CC(Oc2cnccc2CO)C1. The van der Waals surface area contributed by atoms with Gasteiger partial charge in [0, 0.05) is 11.8 Å². The van der Waals surface area contributed by atoms with Crippen LogP contribution in [0, 0.1) is 11.8 Å². The van der Waals surface area contributed by atoms with Crippen molar-refractivity contribution in [3.05, 3.63) is 24.0 Å². The Morgan fingerprint density at radius 1 is 1.29 bits per heavy atom. The van der Waals surface area contributed by atoms with Crippen LogP contribution in [0.5, 0.6) is 5.75 Å². The molecule has 3 heteroatoms. The van der Waals surface area contributed by atoms with Crippen LogP contribution in [0.4, 0.5) is 0 Å². The van der Waals surface area contributed by atoms with Crippen LogP contribution >= 0.6 is 0 Å². The van der Waals surface area contributed by atoms with Crippen LogP contribution in [0.3, 0.4) is 0 Å². The molecule has 2 unspecified atom stereocenters. The highest BCUT2D eigenvalue weighted by Crippen LogP contribution is 2.31. The van der Waals surface area contributed by atoms with Crippen molar-refractivity contribution in [3.63, 3.8) is 0 Å². The quantitative estimate of drug-likeness (QED) is 0.876. The van der Waals surface area contributed by atoms with E-state index in [1.54, 1.807) is 12.4 Å². The van der Waals surface area contributed by atoms with E-state index in [2.05, 4.69) is 18.8 Å². The summed E-state index contributed by atoms with van der Waals surface area (Å²) in [5, 5.41) is 9.24. The molecule has 0 radical (unpaired) electrons. The second-order valence-corrected chi connectivity index (χ2v) is 5.30. The highest BCUT2D eigenvalue weighted by Gasteiger charge is 2.25. The van der Waals surface area contributed by atoms with Gasteiger partial charge in [-0.1, -0.05) is 13.8 Å². The van der Waals surface area contributed by atoms with E-state index in [1.807, 2.05) is 6.07 Å². The maximum atomic E-state index is 9.24. The summed E-state index contributed by atoms with van der Waals surface area (Å²) in [6.07, 6.45) is 7.15. The van der Waals surface area contributed by atoms with Gasteiger partial charge >= 0.3 is 0 Å². The molecule has 1 aliphatic rings. The first-order chi connectivity index (χ1) is 8.19. The smallest absolute Gasteiger partial charge is 0.143 e. The molecule has 1 aliphatic carbocycles. The summed E-state index contributed by atoms with van der Waals surface area (Å²) in [5.41, 5.74) is 0.825. The van der Waals surface area contributed by atoms with Crippen molar-refractivity contribution >= 4 is 0 Å².